The predicted molar refractivity (Wildman–Crippen MR) is 131 cm³/mol. The Kier molecular flexibility index (Phi) is 6.77. The Morgan fingerprint density at radius 3 is 2.30 bits per heavy atom. The van der Waals surface area contributed by atoms with Gasteiger partial charge in [-0.15, -0.1) is 0 Å². The summed E-state index contributed by atoms with van der Waals surface area (Å²) in [5.74, 6) is 3.04. The van der Waals surface area contributed by atoms with E-state index in [4.69, 9.17) is 9.84 Å². The molecule has 1 saturated heterocycles. The van der Waals surface area contributed by atoms with Gasteiger partial charge >= 0.3 is 200 Å². The zero-order chi connectivity index (χ0) is 22.8. The summed E-state index contributed by atoms with van der Waals surface area (Å²) in [5.41, 5.74) is 6.48. The Bertz CT molecular complexity index is 1100. The summed E-state index contributed by atoms with van der Waals surface area (Å²) < 4.78 is 6.36. The second kappa shape index (κ2) is 9.92. The van der Waals surface area contributed by atoms with Crippen LogP contribution in [0.4, 0.5) is 11.6 Å². The van der Waals surface area contributed by atoms with Gasteiger partial charge in [0.15, 0.2) is 0 Å². The van der Waals surface area contributed by atoms with Gasteiger partial charge < -0.3 is 0 Å². The zero-order valence-electron chi connectivity index (χ0n) is 19.3. The van der Waals surface area contributed by atoms with Crippen LogP contribution in [0.15, 0.2) is 42.6 Å². The summed E-state index contributed by atoms with van der Waals surface area (Å²) in [4.78, 5) is 11.9. The number of anilines is 2. The molecule has 0 atom stereocenters. The van der Waals surface area contributed by atoms with Crippen LogP contribution in [0.1, 0.15) is 27.9 Å². The first kappa shape index (κ1) is 22.5. The van der Waals surface area contributed by atoms with Crippen molar-refractivity contribution in [3.63, 3.8) is 0 Å². The van der Waals surface area contributed by atoms with Crippen LogP contribution in [-0.4, -0.2) is 79.1 Å². The van der Waals surface area contributed by atoms with E-state index in [1.54, 1.807) is 7.11 Å². The van der Waals surface area contributed by atoms with Gasteiger partial charge in [0, 0.05) is 0 Å². The number of nitrogens with zero attached hydrogens (tertiary/aromatic N) is 6. The van der Waals surface area contributed by atoms with Crippen molar-refractivity contribution in [3.8, 4) is 5.75 Å². The molecule has 0 aliphatic carbocycles. The second-order valence-corrected chi connectivity index (χ2v) is 10.1. The van der Waals surface area contributed by atoms with E-state index in [9.17, 15) is 0 Å². The van der Waals surface area contributed by atoms with Crippen LogP contribution in [-0.2, 0) is 23.6 Å². The van der Waals surface area contributed by atoms with Gasteiger partial charge in [0.1, 0.15) is 0 Å². The first-order chi connectivity index (χ1) is 16.1. The van der Waals surface area contributed by atoms with Gasteiger partial charge in [0.05, 0.1) is 0 Å². The van der Waals surface area contributed by atoms with E-state index >= 15 is 0 Å². The van der Waals surface area contributed by atoms with Gasteiger partial charge in [-0.1, -0.05) is 0 Å². The van der Waals surface area contributed by atoms with Crippen molar-refractivity contribution in [1.29, 1.82) is 0 Å². The molecule has 169 valence electrons. The maximum absolute atomic E-state index is 5.30. The normalized spacial score (nSPS) is 16.2. The number of fused-ring (bicyclic) bond motifs is 1. The number of ether oxygens (including phenoxy) is 1. The van der Waals surface area contributed by atoms with Crippen molar-refractivity contribution >= 4 is 37.4 Å². The van der Waals surface area contributed by atoms with Crippen molar-refractivity contribution in [2.75, 3.05) is 43.1 Å². The average molecular weight is 637 g/mol. The molecular formula is C25H29N6OPb. The van der Waals surface area contributed by atoms with E-state index in [-0.39, 0.29) is 0 Å². The topological polar surface area (TPSA) is 57.6 Å². The fourth-order valence-corrected chi connectivity index (χ4v) is 5.79. The van der Waals surface area contributed by atoms with Crippen LogP contribution in [0, 0.1) is 6.92 Å². The van der Waals surface area contributed by atoms with Crippen LogP contribution in [0.25, 0.3) is 0 Å². The Morgan fingerprint density at radius 2 is 1.64 bits per heavy atom. The van der Waals surface area contributed by atoms with Crippen molar-refractivity contribution in [2.45, 2.75) is 30.5 Å². The molecule has 3 radical (unpaired) electrons. The first-order valence-corrected chi connectivity index (χ1v) is 14.2. The molecule has 8 heteroatoms. The van der Waals surface area contributed by atoms with Gasteiger partial charge in [-0.2, -0.15) is 0 Å². The average Bonchev–Trinajstić information content (AvgIpc) is 3.28. The fourth-order valence-electron chi connectivity index (χ4n) is 4.69. The number of aromatic nitrogens is 3. The Morgan fingerprint density at radius 1 is 0.909 bits per heavy atom. The molecule has 2 aliphatic rings. The molecule has 1 aromatic carbocycles. The molecule has 0 spiro atoms. The number of aryl methyl sites for hydroxylation is 1. The molecule has 3 aromatic rings. The third-order valence-electron chi connectivity index (χ3n) is 6.54. The van der Waals surface area contributed by atoms with E-state index in [0.29, 0.717) is 0 Å². The standard InChI is InChI=1S/C25H29N6O.Pb/c1-18-4-9-24(26-14-18)30-10-12-31(13-11-30)25-23-17-29(16-22(23)19(2)27-28-25)15-20-5-7-21(32-3)8-6-20;/h4-9,14H,2,10-13,15-17H2,1,3H3;. The van der Waals surface area contributed by atoms with Crippen LogP contribution >= 0.6 is 0 Å². The molecule has 2 aromatic heterocycles. The van der Waals surface area contributed by atoms with E-state index in [2.05, 4.69) is 56.0 Å². The minimum atomic E-state index is 0.900. The molecule has 0 unspecified atom stereocenters. The van der Waals surface area contributed by atoms with Gasteiger partial charge in [-0.25, -0.2) is 0 Å². The van der Waals surface area contributed by atoms with Crippen LogP contribution < -0.4 is 14.5 Å². The summed E-state index contributed by atoms with van der Waals surface area (Å²) >= 11 is 1.10. The molecule has 7 nitrogen and oxygen atoms in total. The molecule has 0 amide bonds. The third-order valence-corrected chi connectivity index (χ3v) is 7.84. The summed E-state index contributed by atoms with van der Waals surface area (Å²) in [7, 11) is 1.71. The first-order valence-electron chi connectivity index (χ1n) is 11.4. The Hall–Kier alpha value is -2.27. The van der Waals surface area contributed by atoms with Crippen molar-refractivity contribution in [3.05, 3.63) is 70.5 Å². The number of piperazine rings is 1. The van der Waals surface area contributed by atoms with Crippen molar-refractivity contribution in [2.24, 2.45) is 0 Å². The number of pyridine rings is 1. The third kappa shape index (κ3) is 4.84. The molecule has 33 heavy (non-hydrogen) atoms. The Labute approximate surface area is 211 Å². The van der Waals surface area contributed by atoms with E-state index in [1.165, 1.54) is 27.9 Å². The zero-order valence-corrected chi connectivity index (χ0v) is 23.2. The molecule has 0 saturated carbocycles. The van der Waals surface area contributed by atoms with Crippen molar-refractivity contribution in [1.82, 2.24) is 20.1 Å². The van der Waals surface area contributed by atoms with Crippen LogP contribution in [0.3, 0.4) is 0 Å². The number of methoxy groups -OCH3 is 1. The van der Waals surface area contributed by atoms with Gasteiger partial charge in [0.25, 0.3) is 0 Å². The number of rotatable bonds is 6. The van der Waals surface area contributed by atoms with Crippen LogP contribution in [0.5, 0.6) is 5.75 Å². The SMILES string of the molecule is COc1ccc(CN2Cc3c([CH2][Pb])nnc(N4CCN(c5ccc(C)cn5)CC4)c3C2)cc1. The van der Waals surface area contributed by atoms with E-state index in [0.717, 1.165) is 92.9 Å². The predicted octanol–water partition coefficient (Wildman–Crippen LogP) is 2.70. The molecule has 0 bridgehead atoms. The van der Waals surface area contributed by atoms with E-state index in [1.807, 2.05) is 18.3 Å². The fraction of sp³-hybridized carbons (Fsp3) is 0.400. The quantitative estimate of drug-likeness (QED) is 0.386. The van der Waals surface area contributed by atoms with Gasteiger partial charge in [0.2, 0.25) is 0 Å². The number of benzene rings is 1. The molecule has 4 heterocycles. The summed E-state index contributed by atoms with van der Waals surface area (Å²) in [5, 5.41) is 9.41. The molecule has 2 aliphatic heterocycles. The monoisotopic (exact) mass is 637 g/mol. The van der Waals surface area contributed by atoms with Crippen LogP contribution in [0.2, 0.25) is 0 Å². The molecule has 1 fully saturated rings. The second-order valence-electron chi connectivity index (χ2n) is 8.77. The maximum atomic E-state index is 5.30. The summed E-state index contributed by atoms with van der Waals surface area (Å²) in [6.07, 6.45) is 1.95. The molecule has 0 N–H and O–H groups in total. The number of hydrogen-bond acceptors (Lipinski definition) is 7. The van der Waals surface area contributed by atoms with Gasteiger partial charge in [-0.05, 0) is 12.5 Å². The molecule has 5 rings (SSSR count). The molecular weight excluding hydrogens is 608 g/mol. The van der Waals surface area contributed by atoms with E-state index < -0.39 is 0 Å². The Balaban J connectivity index is 1.30. The summed E-state index contributed by atoms with van der Waals surface area (Å²) in [6, 6.07) is 12.7. The minimum absolute atomic E-state index is 0.900. The van der Waals surface area contributed by atoms with Crippen molar-refractivity contribution < 1.29 is 4.74 Å². The summed E-state index contributed by atoms with van der Waals surface area (Å²) in [6.45, 7) is 8.66. The number of hydrogen-bond donors (Lipinski definition) is 0. The van der Waals surface area contributed by atoms with Gasteiger partial charge in [-0.3, -0.25) is 0 Å².